The number of aromatic nitrogens is 2. The number of thiol groups is 1. The van der Waals surface area contributed by atoms with Gasteiger partial charge in [-0.2, -0.15) is 18.3 Å². The highest BCUT2D eigenvalue weighted by molar-refractivity contribution is 7.69. The summed E-state index contributed by atoms with van der Waals surface area (Å²) in [6.45, 7) is 5.51. The molecule has 0 saturated heterocycles. The molecule has 3 N–H and O–H groups in total. The molecular weight excluding hydrogens is 331 g/mol. The fraction of sp³-hybridized carbons (Fsp3) is 0.357. The van der Waals surface area contributed by atoms with E-state index in [4.69, 9.17) is 8.42 Å². The highest BCUT2D eigenvalue weighted by atomic mass is 32.2. The van der Waals surface area contributed by atoms with Gasteiger partial charge in [-0.3, -0.25) is 5.10 Å². The lowest BCUT2D eigenvalue weighted by Gasteiger charge is -2.09. The minimum Gasteiger partial charge on any atom is -0.273 e. The molecule has 2 aromatic rings. The van der Waals surface area contributed by atoms with E-state index in [9.17, 15) is 13.2 Å². The Balaban J connectivity index is 0.000000593. The summed E-state index contributed by atoms with van der Waals surface area (Å²) in [6.07, 6.45) is -4.16. The van der Waals surface area contributed by atoms with Crippen LogP contribution in [0.5, 0.6) is 0 Å². The molecule has 0 bridgehead atoms. The second kappa shape index (κ2) is 7.60. The van der Waals surface area contributed by atoms with Crippen molar-refractivity contribution in [3.05, 3.63) is 51.8 Å². The first-order valence-corrected chi connectivity index (χ1v) is 7.83. The van der Waals surface area contributed by atoms with Gasteiger partial charge in [0.25, 0.3) is 0 Å². The van der Waals surface area contributed by atoms with E-state index in [0.29, 0.717) is 5.69 Å². The van der Waals surface area contributed by atoms with Crippen LogP contribution in [0, 0.1) is 20.8 Å². The summed E-state index contributed by atoms with van der Waals surface area (Å²) in [6, 6.07) is 5.70. The standard InChI is InChI=1S/C14H15F3N2.H3NO2S/c1-8-4-5-11(6-9(8)2)7-12-10(3)18-19-13(12)14(15,16)17;1-4(2)3/h4-6H,7H2,1-3H3,(H,18,19);4H,(H2,1,2,3). The number of benzene rings is 1. The average Bonchev–Trinajstić information content (AvgIpc) is 2.75. The molecule has 9 heteroatoms. The van der Waals surface area contributed by atoms with Gasteiger partial charge in [-0.25, -0.2) is 13.6 Å². The Morgan fingerprint density at radius 3 is 2.22 bits per heavy atom. The highest BCUT2D eigenvalue weighted by Gasteiger charge is 2.36. The molecule has 0 saturated carbocycles. The number of nitrogens with zero attached hydrogens (tertiary/aromatic N) is 1. The minimum atomic E-state index is -4.39. The van der Waals surface area contributed by atoms with Gasteiger partial charge in [-0.1, -0.05) is 18.2 Å². The van der Waals surface area contributed by atoms with Gasteiger partial charge >= 0.3 is 6.18 Å². The number of halogens is 3. The molecule has 1 aromatic heterocycles. The van der Waals surface area contributed by atoms with Gasteiger partial charge in [0.05, 0.1) is 5.69 Å². The predicted octanol–water partition coefficient (Wildman–Crippen LogP) is 2.42. The number of H-pyrrole nitrogens is 1. The Bertz CT molecular complexity index is 744. The Kier molecular flexibility index (Phi) is 6.34. The van der Waals surface area contributed by atoms with Crippen LogP contribution in [0.25, 0.3) is 0 Å². The molecule has 2 rings (SSSR count). The molecule has 0 atom stereocenters. The Labute approximate surface area is 133 Å². The molecule has 1 heterocycles. The SMILES string of the molecule is Cc1ccc(Cc2c(C)n[nH]c2C(F)(F)F)cc1C.N[SH](=O)=O. The first kappa shape index (κ1) is 19.2. The average molecular weight is 349 g/mol. The third-order valence-electron chi connectivity index (χ3n) is 3.31. The van der Waals surface area contributed by atoms with E-state index in [1.807, 2.05) is 32.0 Å². The molecule has 0 amide bonds. The van der Waals surface area contributed by atoms with Crippen LogP contribution in [0.3, 0.4) is 0 Å². The molecule has 0 radical (unpaired) electrons. The second-order valence-corrected chi connectivity index (χ2v) is 5.61. The van der Waals surface area contributed by atoms with E-state index in [1.54, 1.807) is 6.92 Å². The number of alkyl halides is 3. The van der Waals surface area contributed by atoms with Crippen LogP contribution in [0.15, 0.2) is 18.2 Å². The summed E-state index contributed by atoms with van der Waals surface area (Å²) in [5.41, 5.74) is 2.93. The summed E-state index contributed by atoms with van der Waals surface area (Å²) in [5, 5.41) is 9.82. The quantitative estimate of drug-likeness (QED) is 0.728. The van der Waals surface area contributed by atoms with Crippen molar-refractivity contribution in [2.24, 2.45) is 5.14 Å². The third kappa shape index (κ3) is 5.68. The van der Waals surface area contributed by atoms with Crippen LogP contribution in [-0.2, 0) is 23.5 Å². The van der Waals surface area contributed by atoms with E-state index in [1.165, 1.54) is 0 Å². The van der Waals surface area contributed by atoms with Crippen LogP contribution in [0.4, 0.5) is 13.2 Å². The minimum absolute atomic E-state index is 0.218. The molecule has 1 aromatic carbocycles. The topological polar surface area (TPSA) is 88.8 Å². The van der Waals surface area contributed by atoms with Crippen LogP contribution >= 0.6 is 0 Å². The third-order valence-corrected chi connectivity index (χ3v) is 3.31. The molecule has 0 aliphatic heterocycles. The van der Waals surface area contributed by atoms with Gasteiger partial charge in [0.1, 0.15) is 5.69 Å². The zero-order chi connectivity index (χ0) is 17.8. The summed E-state index contributed by atoms with van der Waals surface area (Å²) < 4.78 is 56.1. The monoisotopic (exact) mass is 349 g/mol. The van der Waals surface area contributed by atoms with E-state index < -0.39 is 22.8 Å². The molecular formula is C14H18F3N3O2S. The van der Waals surface area contributed by atoms with Gasteiger partial charge in [0, 0.05) is 12.0 Å². The number of nitrogens with one attached hydrogen (secondary N) is 1. The summed E-state index contributed by atoms with van der Waals surface area (Å²) in [5.74, 6) is 0. The van der Waals surface area contributed by atoms with Gasteiger partial charge in [0.2, 0.25) is 0 Å². The van der Waals surface area contributed by atoms with Crippen molar-refractivity contribution >= 4 is 10.9 Å². The normalized spacial score (nSPS) is 11.3. The maximum absolute atomic E-state index is 12.8. The second-order valence-electron chi connectivity index (χ2n) is 5.04. The zero-order valence-corrected chi connectivity index (χ0v) is 13.8. The number of rotatable bonds is 2. The summed E-state index contributed by atoms with van der Waals surface area (Å²) >= 11 is 0. The number of hydrogen-bond acceptors (Lipinski definition) is 3. The molecule has 0 aliphatic carbocycles. The fourth-order valence-corrected chi connectivity index (χ4v) is 2.02. The van der Waals surface area contributed by atoms with Crippen molar-refractivity contribution < 1.29 is 21.6 Å². The molecule has 0 aliphatic rings. The number of aromatic amines is 1. The van der Waals surface area contributed by atoms with Crippen molar-refractivity contribution in [1.82, 2.24) is 10.2 Å². The maximum atomic E-state index is 12.8. The van der Waals surface area contributed by atoms with Crippen molar-refractivity contribution in [2.45, 2.75) is 33.4 Å². The summed E-state index contributed by atoms with van der Waals surface area (Å²) in [7, 11) is -2.62. The largest absolute Gasteiger partial charge is 0.433 e. The first-order chi connectivity index (χ1) is 10.5. The fourth-order valence-electron chi connectivity index (χ4n) is 2.02. The number of nitrogens with two attached hydrogens (primary N) is 1. The molecule has 23 heavy (non-hydrogen) atoms. The number of aryl methyl sites for hydroxylation is 3. The Hall–Kier alpha value is -1.87. The molecule has 5 nitrogen and oxygen atoms in total. The van der Waals surface area contributed by atoms with Crippen LogP contribution in [0.2, 0.25) is 0 Å². The smallest absolute Gasteiger partial charge is 0.273 e. The van der Waals surface area contributed by atoms with Crippen LogP contribution < -0.4 is 5.14 Å². The van der Waals surface area contributed by atoms with Crippen LogP contribution in [-0.4, -0.2) is 18.6 Å². The van der Waals surface area contributed by atoms with E-state index in [-0.39, 0.29) is 12.0 Å². The van der Waals surface area contributed by atoms with Gasteiger partial charge in [0.15, 0.2) is 10.9 Å². The molecule has 0 spiro atoms. The van der Waals surface area contributed by atoms with Crippen molar-refractivity contribution in [3.8, 4) is 0 Å². The van der Waals surface area contributed by atoms with Crippen LogP contribution in [0.1, 0.15) is 33.6 Å². The van der Waals surface area contributed by atoms with Crippen molar-refractivity contribution in [2.75, 3.05) is 0 Å². The lowest BCUT2D eigenvalue weighted by atomic mass is 9.99. The Morgan fingerprint density at radius 1 is 1.17 bits per heavy atom. The first-order valence-electron chi connectivity index (χ1n) is 6.58. The summed E-state index contributed by atoms with van der Waals surface area (Å²) in [4.78, 5) is 0. The highest BCUT2D eigenvalue weighted by Crippen LogP contribution is 2.32. The van der Waals surface area contributed by atoms with Gasteiger partial charge in [-0.05, 0) is 37.5 Å². The van der Waals surface area contributed by atoms with Crippen molar-refractivity contribution in [3.63, 3.8) is 0 Å². The number of hydrogen-bond donors (Lipinski definition) is 3. The van der Waals surface area contributed by atoms with E-state index in [0.717, 1.165) is 16.7 Å². The molecule has 128 valence electrons. The predicted molar refractivity (Wildman–Crippen MR) is 81.6 cm³/mol. The lowest BCUT2D eigenvalue weighted by molar-refractivity contribution is -0.141. The Morgan fingerprint density at radius 2 is 1.74 bits per heavy atom. The van der Waals surface area contributed by atoms with Gasteiger partial charge < -0.3 is 0 Å². The van der Waals surface area contributed by atoms with Crippen molar-refractivity contribution in [1.29, 1.82) is 0 Å². The van der Waals surface area contributed by atoms with E-state index >= 15 is 0 Å². The zero-order valence-electron chi connectivity index (χ0n) is 12.9. The maximum Gasteiger partial charge on any atom is 0.433 e. The molecule has 0 fully saturated rings. The van der Waals surface area contributed by atoms with Gasteiger partial charge in [-0.15, -0.1) is 0 Å². The lowest BCUT2D eigenvalue weighted by Crippen LogP contribution is -2.09. The van der Waals surface area contributed by atoms with E-state index in [2.05, 4.69) is 15.3 Å². The molecule has 0 unspecified atom stereocenters.